The number of hydrogen-bond donors (Lipinski definition) is 2. The SMILES string of the molecule is CC(N)C(C)C(=O)N(C)CCCCCc1cc(-c2ccccc2)n[nH]1.Cl. The molecule has 0 saturated carbocycles. The highest BCUT2D eigenvalue weighted by Crippen LogP contribution is 2.18. The summed E-state index contributed by atoms with van der Waals surface area (Å²) in [6.07, 6.45) is 4.16. The monoisotopic (exact) mass is 378 g/mol. The number of rotatable bonds is 9. The van der Waals surface area contributed by atoms with Gasteiger partial charge in [0, 0.05) is 30.9 Å². The lowest BCUT2D eigenvalue weighted by Crippen LogP contribution is -2.40. The van der Waals surface area contributed by atoms with E-state index < -0.39 is 0 Å². The molecular formula is C20H31ClN4O. The van der Waals surface area contributed by atoms with Crippen molar-refractivity contribution in [3.05, 3.63) is 42.1 Å². The smallest absolute Gasteiger partial charge is 0.226 e. The lowest BCUT2D eigenvalue weighted by atomic mass is 10.0. The molecule has 0 saturated heterocycles. The van der Waals surface area contributed by atoms with Gasteiger partial charge in [0.2, 0.25) is 5.91 Å². The van der Waals surface area contributed by atoms with E-state index in [1.807, 2.05) is 39.1 Å². The third-order valence-electron chi connectivity index (χ3n) is 4.69. The van der Waals surface area contributed by atoms with Crippen LogP contribution in [0.15, 0.2) is 36.4 Å². The largest absolute Gasteiger partial charge is 0.345 e. The molecule has 0 aliphatic heterocycles. The average Bonchev–Trinajstić information content (AvgIpc) is 3.09. The Bertz CT molecular complexity index is 657. The van der Waals surface area contributed by atoms with Crippen molar-refractivity contribution in [2.24, 2.45) is 11.7 Å². The number of aromatic nitrogens is 2. The van der Waals surface area contributed by atoms with Gasteiger partial charge in [0.15, 0.2) is 0 Å². The molecule has 1 heterocycles. The third kappa shape index (κ3) is 6.46. The maximum Gasteiger partial charge on any atom is 0.226 e. The van der Waals surface area contributed by atoms with Crippen LogP contribution in [0.3, 0.4) is 0 Å². The summed E-state index contributed by atoms with van der Waals surface area (Å²) in [6.45, 7) is 4.56. The molecule has 1 aromatic heterocycles. The lowest BCUT2D eigenvalue weighted by Gasteiger charge is -2.23. The number of nitrogens with one attached hydrogen (secondary N) is 1. The first-order valence-corrected chi connectivity index (χ1v) is 9.09. The van der Waals surface area contributed by atoms with E-state index in [9.17, 15) is 4.79 Å². The normalized spacial score (nSPS) is 12.9. The molecule has 3 N–H and O–H groups in total. The average molecular weight is 379 g/mol. The predicted octanol–water partition coefficient (Wildman–Crippen LogP) is 3.65. The van der Waals surface area contributed by atoms with Crippen LogP contribution in [0.2, 0.25) is 0 Å². The molecule has 5 nitrogen and oxygen atoms in total. The van der Waals surface area contributed by atoms with Gasteiger partial charge in [0.25, 0.3) is 0 Å². The number of unbranched alkanes of at least 4 members (excludes halogenated alkanes) is 2. The van der Waals surface area contributed by atoms with Gasteiger partial charge in [-0.3, -0.25) is 9.89 Å². The Balaban J connectivity index is 0.00000338. The van der Waals surface area contributed by atoms with Gasteiger partial charge < -0.3 is 10.6 Å². The minimum Gasteiger partial charge on any atom is -0.345 e. The number of aromatic amines is 1. The van der Waals surface area contributed by atoms with Gasteiger partial charge in [-0.1, -0.05) is 43.7 Å². The fourth-order valence-electron chi connectivity index (χ4n) is 2.77. The summed E-state index contributed by atoms with van der Waals surface area (Å²) in [5, 5.41) is 7.50. The van der Waals surface area contributed by atoms with Gasteiger partial charge in [-0.2, -0.15) is 5.10 Å². The van der Waals surface area contributed by atoms with Crippen LogP contribution in [0.5, 0.6) is 0 Å². The van der Waals surface area contributed by atoms with E-state index in [0.29, 0.717) is 0 Å². The molecule has 2 rings (SSSR count). The molecule has 0 aliphatic rings. The quantitative estimate of drug-likeness (QED) is 0.654. The van der Waals surface area contributed by atoms with E-state index >= 15 is 0 Å². The summed E-state index contributed by atoms with van der Waals surface area (Å²) >= 11 is 0. The van der Waals surface area contributed by atoms with Gasteiger partial charge in [-0.05, 0) is 32.3 Å². The van der Waals surface area contributed by atoms with Gasteiger partial charge in [-0.25, -0.2) is 0 Å². The number of nitrogens with two attached hydrogens (primary N) is 1. The van der Waals surface area contributed by atoms with E-state index in [2.05, 4.69) is 28.4 Å². The fourth-order valence-corrected chi connectivity index (χ4v) is 2.77. The van der Waals surface area contributed by atoms with Crippen molar-refractivity contribution in [3.63, 3.8) is 0 Å². The molecular weight excluding hydrogens is 348 g/mol. The minimum atomic E-state index is -0.119. The summed E-state index contributed by atoms with van der Waals surface area (Å²) in [4.78, 5) is 13.9. The number of H-pyrrole nitrogens is 1. The van der Waals surface area contributed by atoms with Crippen molar-refractivity contribution in [1.29, 1.82) is 0 Å². The number of hydrogen-bond acceptors (Lipinski definition) is 3. The van der Waals surface area contributed by atoms with Crippen LogP contribution >= 0.6 is 12.4 Å². The first-order chi connectivity index (χ1) is 12.0. The number of amides is 1. The van der Waals surface area contributed by atoms with Crippen molar-refractivity contribution < 1.29 is 4.79 Å². The molecule has 1 aromatic carbocycles. The van der Waals surface area contributed by atoms with Crippen molar-refractivity contribution >= 4 is 18.3 Å². The Morgan fingerprint density at radius 2 is 1.88 bits per heavy atom. The summed E-state index contributed by atoms with van der Waals surface area (Å²) < 4.78 is 0. The first-order valence-electron chi connectivity index (χ1n) is 9.09. The zero-order valence-corrected chi connectivity index (χ0v) is 16.8. The Morgan fingerprint density at radius 1 is 1.19 bits per heavy atom. The predicted molar refractivity (Wildman–Crippen MR) is 109 cm³/mol. The second-order valence-corrected chi connectivity index (χ2v) is 6.86. The zero-order valence-electron chi connectivity index (χ0n) is 15.9. The molecule has 0 spiro atoms. The van der Waals surface area contributed by atoms with Crippen molar-refractivity contribution in [1.82, 2.24) is 15.1 Å². The Morgan fingerprint density at radius 3 is 2.54 bits per heavy atom. The van der Waals surface area contributed by atoms with Crippen LogP contribution in [0.25, 0.3) is 11.3 Å². The molecule has 0 aliphatic carbocycles. The second-order valence-electron chi connectivity index (χ2n) is 6.86. The lowest BCUT2D eigenvalue weighted by molar-refractivity contribution is -0.134. The standard InChI is InChI=1S/C20H30N4O.ClH/c1-15(16(2)21)20(25)24(3)13-9-5-8-12-18-14-19(23-22-18)17-10-6-4-7-11-17;/h4,6-7,10-11,14-16H,5,8-9,12-13,21H2,1-3H3,(H,22,23);1H. The topological polar surface area (TPSA) is 75.0 Å². The molecule has 0 bridgehead atoms. The van der Waals surface area contributed by atoms with E-state index in [4.69, 9.17) is 5.73 Å². The van der Waals surface area contributed by atoms with Gasteiger partial charge in [0.05, 0.1) is 11.6 Å². The summed E-state index contributed by atoms with van der Waals surface area (Å²) in [5.74, 6) is 0.0162. The van der Waals surface area contributed by atoms with Crippen LogP contribution in [0.1, 0.15) is 38.8 Å². The van der Waals surface area contributed by atoms with E-state index in [-0.39, 0.29) is 30.3 Å². The Hall–Kier alpha value is -1.85. The van der Waals surface area contributed by atoms with E-state index in [0.717, 1.165) is 49.2 Å². The maximum atomic E-state index is 12.1. The summed E-state index contributed by atoms with van der Waals surface area (Å²) in [5.41, 5.74) is 9.09. The number of carbonyl (C=O) groups excluding carboxylic acids is 1. The number of aryl methyl sites for hydroxylation is 1. The van der Waals surface area contributed by atoms with Crippen LogP contribution < -0.4 is 5.73 Å². The number of carbonyl (C=O) groups is 1. The number of benzene rings is 1. The fraction of sp³-hybridized carbons (Fsp3) is 0.500. The molecule has 0 fully saturated rings. The third-order valence-corrected chi connectivity index (χ3v) is 4.69. The number of halogens is 1. The van der Waals surface area contributed by atoms with Gasteiger partial charge in [-0.15, -0.1) is 12.4 Å². The van der Waals surface area contributed by atoms with Crippen molar-refractivity contribution in [3.8, 4) is 11.3 Å². The molecule has 1 amide bonds. The summed E-state index contributed by atoms with van der Waals surface area (Å²) in [7, 11) is 1.86. The first kappa shape index (κ1) is 22.2. The van der Waals surface area contributed by atoms with E-state index in [1.54, 1.807) is 4.90 Å². The number of nitrogens with zero attached hydrogens (tertiary/aromatic N) is 2. The van der Waals surface area contributed by atoms with Gasteiger partial charge in [0.1, 0.15) is 0 Å². The molecule has 2 aromatic rings. The minimum absolute atomic E-state index is 0. The van der Waals surface area contributed by atoms with Gasteiger partial charge >= 0.3 is 0 Å². The molecule has 0 radical (unpaired) electrons. The molecule has 2 atom stereocenters. The van der Waals surface area contributed by atoms with Crippen LogP contribution in [-0.4, -0.2) is 40.6 Å². The zero-order chi connectivity index (χ0) is 18.2. The van der Waals surface area contributed by atoms with E-state index in [1.165, 1.54) is 0 Å². The molecule has 144 valence electrons. The van der Waals surface area contributed by atoms with Crippen molar-refractivity contribution in [2.45, 2.75) is 45.6 Å². The maximum absolute atomic E-state index is 12.1. The highest BCUT2D eigenvalue weighted by Gasteiger charge is 2.20. The Labute approximate surface area is 162 Å². The van der Waals surface area contributed by atoms with Crippen LogP contribution in [-0.2, 0) is 11.2 Å². The van der Waals surface area contributed by atoms with Crippen molar-refractivity contribution in [2.75, 3.05) is 13.6 Å². The molecule has 6 heteroatoms. The van der Waals surface area contributed by atoms with Crippen LogP contribution in [0.4, 0.5) is 0 Å². The highest BCUT2D eigenvalue weighted by atomic mass is 35.5. The molecule has 2 unspecified atom stereocenters. The highest BCUT2D eigenvalue weighted by molar-refractivity contribution is 5.85. The second kappa shape index (κ2) is 11.0. The summed E-state index contributed by atoms with van der Waals surface area (Å²) in [6, 6.07) is 12.2. The van der Waals surface area contributed by atoms with Crippen LogP contribution in [0, 0.1) is 5.92 Å². The Kier molecular flexibility index (Phi) is 9.38. The molecule has 26 heavy (non-hydrogen) atoms.